The number of nitrogens with two attached hydrogens (primary N) is 1. The Labute approximate surface area is 354 Å². The zero-order chi connectivity index (χ0) is 43.7. The molecule has 0 heterocycles. The molecule has 0 aromatic heterocycles. The zero-order valence-corrected chi connectivity index (χ0v) is 36.6. The SMILES string of the molecule is CC/C=C/C/C=C/C=C/C(O)CCCCCCCC(=O)O[C@H](COC(=O)CC/C=C\C/C=C\C/C=C\C/C=C\C/C=C\CCCCC)COP(=O)(O)OC[C@H](N)C(=O)O. The highest BCUT2D eigenvalue weighted by Gasteiger charge is 2.28. The van der Waals surface area contributed by atoms with Crippen LogP contribution < -0.4 is 5.73 Å². The number of aliphatic carboxylic acids is 1. The summed E-state index contributed by atoms with van der Waals surface area (Å²) in [5, 5.41) is 19.0. The van der Waals surface area contributed by atoms with Crippen LogP contribution in [0.25, 0.3) is 0 Å². The summed E-state index contributed by atoms with van der Waals surface area (Å²) in [6, 6.07) is -1.55. The van der Waals surface area contributed by atoms with Crippen LogP contribution in [0.15, 0.2) is 97.2 Å². The van der Waals surface area contributed by atoms with Crippen LogP contribution in [-0.4, -0.2) is 71.1 Å². The number of aliphatic hydroxyl groups excluding tert-OH is 1. The van der Waals surface area contributed by atoms with Gasteiger partial charge < -0.3 is 30.3 Å². The predicted octanol–water partition coefficient (Wildman–Crippen LogP) is 10.2. The smallest absolute Gasteiger partial charge is 0.472 e. The fourth-order valence-corrected chi connectivity index (χ4v) is 5.83. The number of carbonyl (C=O) groups is 3. The Morgan fingerprint density at radius 1 is 0.627 bits per heavy atom. The minimum Gasteiger partial charge on any atom is -0.480 e. The summed E-state index contributed by atoms with van der Waals surface area (Å²) in [5.74, 6) is -2.59. The molecule has 5 N–H and O–H groups in total. The molecule has 0 rings (SSSR count). The van der Waals surface area contributed by atoms with Crippen molar-refractivity contribution < 1.29 is 52.6 Å². The van der Waals surface area contributed by atoms with E-state index in [2.05, 4.69) is 79.1 Å². The quantitative estimate of drug-likeness (QED) is 0.0151. The largest absolute Gasteiger partial charge is 0.480 e. The van der Waals surface area contributed by atoms with Crippen molar-refractivity contribution in [1.29, 1.82) is 0 Å². The molecule has 0 amide bonds. The Morgan fingerprint density at radius 3 is 1.81 bits per heavy atom. The molecule has 0 fully saturated rings. The van der Waals surface area contributed by atoms with Gasteiger partial charge in [0, 0.05) is 12.8 Å². The number of hydrogen-bond acceptors (Lipinski definition) is 10. The number of esters is 2. The monoisotopic (exact) mass is 847 g/mol. The second-order valence-corrected chi connectivity index (χ2v) is 15.4. The van der Waals surface area contributed by atoms with Gasteiger partial charge in [0.2, 0.25) is 0 Å². The van der Waals surface area contributed by atoms with Gasteiger partial charge in [-0.3, -0.25) is 23.4 Å². The van der Waals surface area contributed by atoms with Crippen molar-refractivity contribution in [1.82, 2.24) is 0 Å². The first-order valence-electron chi connectivity index (χ1n) is 21.4. The maximum Gasteiger partial charge on any atom is 0.472 e. The van der Waals surface area contributed by atoms with Crippen LogP contribution in [0.3, 0.4) is 0 Å². The van der Waals surface area contributed by atoms with E-state index in [1.54, 1.807) is 6.08 Å². The minimum absolute atomic E-state index is 0.0700. The number of phosphoric acid groups is 1. The van der Waals surface area contributed by atoms with Crippen molar-refractivity contribution in [3.63, 3.8) is 0 Å². The second kappa shape index (κ2) is 39.8. The molecule has 4 atom stereocenters. The molecule has 334 valence electrons. The normalized spacial score (nSPS) is 15.2. The average molecular weight is 848 g/mol. The van der Waals surface area contributed by atoms with E-state index in [4.69, 9.17) is 24.8 Å². The number of aliphatic hydroxyl groups is 1. The van der Waals surface area contributed by atoms with Gasteiger partial charge in [-0.15, -0.1) is 0 Å². The van der Waals surface area contributed by atoms with E-state index in [0.717, 1.165) is 70.6 Å². The number of carbonyl (C=O) groups excluding carboxylic acids is 2. The van der Waals surface area contributed by atoms with Crippen LogP contribution in [0.5, 0.6) is 0 Å². The van der Waals surface area contributed by atoms with Gasteiger partial charge >= 0.3 is 25.7 Å². The highest BCUT2D eigenvalue weighted by Crippen LogP contribution is 2.43. The third-order valence-corrected chi connectivity index (χ3v) is 9.38. The van der Waals surface area contributed by atoms with E-state index < -0.39 is 63.8 Å². The molecular formula is C46H74NO11P. The summed E-state index contributed by atoms with van der Waals surface area (Å²) in [7, 11) is -4.76. The van der Waals surface area contributed by atoms with Crippen molar-refractivity contribution >= 4 is 25.7 Å². The first kappa shape index (κ1) is 55.4. The Morgan fingerprint density at radius 2 is 1.19 bits per heavy atom. The van der Waals surface area contributed by atoms with Crippen LogP contribution in [0.4, 0.5) is 0 Å². The predicted molar refractivity (Wildman–Crippen MR) is 236 cm³/mol. The lowest BCUT2D eigenvalue weighted by atomic mass is 10.1. The lowest BCUT2D eigenvalue weighted by Crippen LogP contribution is -2.34. The molecule has 0 saturated heterocycles. The summed E-state index contributed by atoms with van der Waals surface area (Å²) >= 11 is 0. The number of ether oxygens (including phenoxy) is 2. The van der Waals surface area contributed by atoms with E-state index in [-0.39, 0.29) is 12.8 Å². The van der Waals surface area contributed by atoms with Crippen molar-refractivity contribution in [3.05, 3.63) is 97.2 Å². The molecule has 59 heavy (non-hydrogen) atoms. The number of allylic oxidation sites excluding steroid dienone is 15. The van der Waals surface area contributed by atoms with Gasteiger partial charge in [-0.1, -0.05) is 150 Å². The van der Waals surface area contributed by atoms with Gasteiger partial charge in [0.15, 0.2) is 6.10 Å². The molecule has 0 aromatic carbocycles. The maximum atomic E-state index is 12.6. The van der Waals surface area contributed by atoms with Crippen molar-refractivity contribution in [3.8, 4) is 0 Å². The molecule has 0 aliphatic rings. The highest BCUT2D eigenvalue weighted by molar-refractivity contribution is 7.47. The lowest BCUT2D eigenvalue weighted by Gasteiger charge is -2.20. The highest BCUT2D eigenvalue weighted by atomic mass is 31.2. The van der Waals surface area contributed by atoms with Crippen LogP contribution >= 0.6 is 7.82 Å². The van der Waals surface area contributed by atoms with E-state index in [0.29, 0.717) is 19.3 Å². The topological polar surface area (TPSA) is 192 Å². The molecule has 0 spiro atoms. The number of rotatable bonds is 38. The number of hydrogen-bond donors (Lipinski definition) is 4. The van der Waals surface area contributed by atoms with Gasteiger partial charge in [-0.2, -0.15) is 0 Å². The van der Waals surface area contributed by atoms with Crippen LogP contribution in [0.2, 0.25) is 0 Å². The number of carboxylic acid groups (broad SMARTS) is 1. The molecule has 13 heteroatoms. The van der Waals surface area contributed by atoms with E-state index in [1.807, 2.05) is 30.4 Å². The number of phosphoric ester groups is 1. The maximum absolute atomic E-state index is 12.6. The Hall–Kier alpha value is -3.64. The van der Waals surface area contributed by atoms with E-state index in [1.165, 1.54) is 19.3 Å². The fourth-order valence-electron chi connectivity index (χ4n) is 5.05. The molecule has 0 aliphatic heterocycles. The minimum atomic E-state index is -4.76. The summed E-state index contributed by atoms with van der Waals surface area (Å²) < 4.78 is 32.5. The van der Waals surface area contributed by atoms with Gasteiger partial charge in [0.25, 0.3) is 0 Å². The van der Waals surface area contributed by atoms with Crippen molar-refractivity contribution in [2.45, 2.75) is 154 Å². The van der Waals surface area contributed by atoms with Crippen LogP contribution in [0, 0.1) is 0 Å². The second-order valence-electron chi connectivity index (χ2n) is 13.9. The van der Waals surface area contributed by atoms with Crippen molar-refractivity contribution in [2.24, 2.45) is 5.73 Å². The van der Waals surface area contributed by atoms with Gasteiger partial charge in [-0.25, -0.2) is 4.57 Å². The third kappa shape index (κ3) is 39.6. The standard InChI is InChI=1S/C46H74NO11P/c1-3-5-7-9-11-12-13-14-15-16-17-18-19-20-21-22-24-28-32-36-44(49)55-38-42(39-56-59(53,54)57-40-43(47)46(51)52)58-45(50)37-33-29-25-27-31-35-41(48)34-30-26-23-10-8-6-4-2/h6,8,11-12,14-15,17-18,20-21,23-24,26,28,30,34,41-43,48H,3-5,7,9-10,13,16,19,22,25,27,29,31-33,35-40,47H2,1-2H3,(H,51,52)(H,53,54)/b8-6+,12-11-,15-14-,18-17-,21-20-,26-23+,28-24-,34-30+/t41?,42-,43+/m1/s1. The molecular weight excluding hydrogens is 773 g/mol. The van der Waals surface area contributed by atoms with Gasteiger partial charge in [-0.05, 0) is 70.6 Å². The number of carboxylic acids is 1. The van der Waals surface area contributed by atoms with Crippen LogP contribution in [0.1, 0.15) is 136 Å². The molecule has 0 radical (unpaired) electrons. The van der Waals surface area contributed by atoms with E-state index in [9.17, 15) is 28.9 Å². The Balaban J connectivity index is 4.60. The lowest BCUT2D eigenvalue weighted by molar-refractivity contribution is -0.161. The zero-order valence-electron chi connectivity index (χ0n) is 35.7. The van der Waals surface area contributed by atoms with E-state index >= 15 is 0 Å². The average Bonchev–Trinajstić information content (AvgIpc) is 3.21. The molecule has 0 saturated carbocycles. The summed E-state index contributed by atoms with van der Waals surface area (Å²) in [4.78, 5) is 45.9. The van der Waals surface area contributed by atoms with Crippen molar-refractivity contribution in [2.75, 3.05) is 19.8 Å². The Bertz CT molecular complexity index is 1380. The molecule has 0 aromatic rings. The van der Waals surface area contributed by atoms with Crippen LogP contribution in [-0.2, 0) is 37.5 Å². The number of unbranched alkanes of at least 4 members (excludes halogenated alkanes) is 7. The summed E-state index contributed by atoms with van der Waals surface area (Å²) in [6.45, 7) is 2.44. The Kier molecular flexibility index (Phi) is 37.3. The molecule has 12 nitrogen and oxygen atoms in total. The third-order valence-electron chi connectivity index (χ3n) is 8.43. The summed E-state index contributed by atoms with van der Waals surface area (Å²) in [6.07, 6.45) is 46.5. The molecule has 2 unspecified atom stereocenters. The first-order chi connectivity index (χ1) is 28.5. The first-order valence-corrected chi connectivity index (χ1v) is 22.9. The van der Waals surface area contributed by atoms with Gasteiger partial charge in [0.05, 0.1) is 19.3 Å². The summed E-state index contributed by atoms with van der Waals surface area (Å²) in [5.41, 5.74) is 5.32. The fraction of sp³-hybridized carbons (Fsp3) is 0.587. The molecule has 0 aliphatic carbocycles. The molecule has 0 bridgehead atoms. The van der Waals surface area contributed by atoms with Gasteiger partial charge in [0.1, 0.15) is 12.6 Å².